The summed E-state index contributed by atoms with van der Waals surface area (Å²) in [6.45, 7) is 4.76. The molecule has 2 heterocycles. The number of amides is 2. The van der Waals surface area contributed by atoms with Gasteiger partial charge >= 0.3 is 0 Å². The molecule has 3 rings (SSSR count). The Morgan fingerprint density at radius 2 is 1.56 bits per heavy atom. The highest BCUT2D eigenvalue weighted by Crippen LogP contribution is 2.13. The molecule has 132 valence electrons. The first kappa shape index (κ1) is 17.7. The highest BCUT2D eigenvalue weighted by atomic mass is 32.1. The van der Waals surface area contributed by atoms with Crippen LogP contribution in [0.1, 0.15) is 22.4 Å². The highest BCUT2D eigenvalue weighted by molar-refractivity contribution is 7.10. The minimum Gasteiger partial charge on any atom is -0.341 e. The second-order valence-corrected chi connectivity index (χ2v) is 7.57. The van der Waals surface area contributed by atoms with Gasteiger partial charge in [-0.2, -0.15) is 0 Å². The number of carbonyl (C=O) groups is 2. The molecule has 0 bridgehead atoms. The van der Waals surface area contributed by atoms with E-state index in [9.17, 15) is 9.59 Å². The summed E-state index contributed by atoms with van der Waals surface area (Å²) >= 11 is 1.62. The Morgan fingerprint density at radius 1 is 0.920 bits per heavy atom. The van der Waals surface area contributed by atoms with E-state index >= 15 is 0 Å². The van der Waals surface area contributed by atoms with Gasteiger partial charge in [-0.1, -0.05) is 35.9 Å². The number of hydrogen-bond acceptors (Lipinski definition) is 3. The average Bonchev–Trinajstić information content (AvgIpc) is 2.98. The summed E-state index contributed by atoms with van der Waals surface area (Å²) in [5.41, 5.74) is 2.25. The van der Waals surface area contributed by atoms with Gasteiger partial charge in [0.25, 0.3) is 0 Å². The molecule has 1 aliphatic heterocycles. The first-order valence-electron chi connectivity index (χ1n) is 8.75. The van der Waals surface area contributed by atoms with Gasteiger partial charge in [0.15, 0.2) is 0 Å². The lowest BCUT2D eigenvalue weighted by atomic mass is 10.1. The second-order valence-electron chi connectivity index (χ2n) is 6.53. The molecule has 0 aliphatic carbocycles. The highest BCUT2D eigenvalue weighted by Gasteiger charge is 2.22. The Kier molecular flexibility index (Phi) is 5.87. The van der Waals surface area contributed by atoms with Crippen LogP contribution in [0, 0.1) is 6.92 Å². The molecule has 1 aromatic heterocycles. The molecule has 25 heavy (non-hydrogen) atoms. The third-order valence-electron chi connectivity index (χ3n) is 4.58. The van der Waals surface area contributed by atoms with Crippen molar-refractivity contribution >= 4 is 23.2 Å². The van der Waals surface area contributed by atoms with Crippen LogP contribution in [0.25, 0.3) is 0 Å². The third kappa shape index (κ3) is 4.92. The maximum Gasteiger partial charge on any atom is 0.227 e. The summed E-state index contributed by atoms with van der Waals surface area (Å²) in [6.07, 6.45) is 1.74. The topological polar surface area (TPSA) is 40.6 Å². The average molecular weight is 356 g/mol. The van der Waals surface area contributed by atoms with E-state index in [0.717, 1.165) is 30.0 Å². The van der Waals surface area contributed by atoms with Crippen molar-refractivity contribution in [2.45, 2.75) is 26.2 Å². The number of aryl methyl sites for hydroxylation is 1. The number of thiophene rings is 1. The van der Waals surface area contributed by atoms with Crippen LogP contribution in [0.3, 0.4) is 0 Å². The Bertz CT molecular complexity index is 710. The first-order valence-corrected chi connectivity index (χ1v) is 9.63. The summed E-state index contributed by atoms with van der Waals surface area (Å²) < 4.78 is 0. The number of benzene rings is 1. The van der Waals surface area contributed by atoms with Crippen molar-refractivity contribution in [3.05, 3.63) is 57.8 Å². The molecule has 1 aliphatic rings. The minimum atomic E-state index is 0.149. The SMILES string of the molecule is Cc1ccc(CC(=O)N2CCCN(C(=O)Cc3cccs3)CC2)cc1. The molecule has 1 fully saturated rings. The fourth-order valence-corrected chi connectivity index (χ4v) is 3.78. The number of hydrogen-bond donors (Lipinski definition) is 0. The third-order valence-corrected chi connectivity index (χ3v) is 5.46. The molecule has 0 atom stereocenters. The van der Waals surface area contributed by atoms with Gasteiger partial charge in [0.1, 0.15) is 0 Å². The van der Waals surface area contributed by atoms with Gasteiger partial charge in [-0.15, -0.1) is 11.3 Å². The molecular formula is C20H24N2O2S. The normalized spacial score (nSPS) is 15.1. The molecule has 0 saturated carbocycles. The molecule has 0 radical (unpaired) electrons. The summed E-state index contributed by atoms with van der Waals surface area (Å²) in [5, 5.41) is 2.00. The molecule has 0 spiro atoms. The molecule has 2 aromatic rings. The molecule has 2 amide bonds. The van der Waals surface area contributed by atoms with E-state index in [1.807, 2.05) is 58.5 Å². The number of nitrogens with zero attached hydrogens (tertiary/aromatic N) is 2. The summed E-state index contributed by atoms with van der Waals surface area (Å²) in [4.78, 5) is 29.9. The van der Waals surface area contributed by atoms with E-state index in [0.29, 0.717) is 25.9 Å². The van der Waals surface area contributed by atoms with E-state index in [2.05, 4.69) is 0 Å². The summed E-state index contributed by atoms with van der Waals surface area (Å²) in [7, 11) is 0. The zero-order chi connectivity index (χ0) is 17.6. The van der Waals surface area contributed by atoms with Crippen LogP contribution in [0.5, 0.6) is 0 Å². The maximum absolute atomic E-state index is 12.6. The smallest absolute Gasteiger partial charge is 0.227 e. The molecule has 4 nitrogen and oxygen atoms in total. The van der Waals surface area contributed by atoms with Crippen LogP contribution in [-0.4, -0.2) is 47.8 Å². The predicted molar refractivity (Wildman–Crippen MR) is 101 cm³/mol. The van der Waals surface area contributed by atoms with Crippen LogP contribution in [0.2, 0.25) is 0 Å². The molecule has 1 aromatic carbocycles. The lowest BCUT2D eigenvalue weighted by Gasteiger charge is -2.22. The van der Waals surface area contributed by atoms with Crippen LogP contribution in [0.15, 0.2) is 41.8 Å². The van der Waals surface area contributed by atoms with Crippen LogP contribution in [-0.2, 0) is 22.4 Å². The quantitative estimate of drug-likeness (QED) is 0.845. The Labute approximate surface area is 153 Å². The van der Waals surface area contributed by atoms with Crippen molar-refractivity contribution < 1.29 is 9.59 Å². The van der Waals surface area contributed by atoms with Crippen LogP contribution < -0.4 is 0 Å². The van der Waals surface area contributed by atoms with Gasteiger partial charge in [-0.3, -0.25) is 9.59 Å². The molecule has 5 heteroatoms. The molecule has 0 unspecified atom stereocenters. The van der Waals surface area contributed by atoms with E-state index in [1.165, 1.54) is 5.56 Å². The minimum absolute atomic E-state index is 0.149. The fraction of sp³-hybridized carbons (Fsp3) is 0.400. The van der Waals surface area contributed by atoms with E-state index < -0.39 is 0 Å². The zero-order valence-corrected chi connectivity index (χ0v) is 15.4. The van der Waals surface area contributed by atoms with Gasteiger partial charge in [0, 0.05) is 31.1 Å². The van der Waals surface area contributed by atoms with Crippen LogP contribution in [0.4, 0.5) is 0 Å². The van der Waals surface area contributed by atoms with Gasteiger partial charge in [-0.05, 0) is 30.4 Å². The maximum atomic E-state index is 12.6. The van der Waals surface area contributed by atoms with Gasteiger partial charge < -0.3 is 9.80 Å². The van der Waals surface area contributed by atoms with E-state index in [1.54, 1.807) is 11.3 Å². The van der Waals surface area contributed by atoms with E-state index in [4.69, 9.17) is 0 Å². The lowest BCUT2D eigenvalue weighted by Crippen LogP contribution is -2.38. The zero-order valence-electron chi connectivity index (χ0n) is 14.6. The van der Waals surface area contributed by atoms with Crippen LogP contribution >= 0.6 is 11.3 Å². The molecule has 1 saturated heterocycles. The van der Waals surface area contributed by atoms with Crippen molar-refractivity contribution in [1.29, 1.82) is 0 Å². The fourth-order valence-electron chi connectivity index (χ4n) is 3.08. The second kappa shape index (κ2) is 8.30. The molecular weight excluding hydrogens is 332 g/mol. The van der Waals surface area contributed by atoms with Crippen molar-refractivity contribution in [2.75, 3.05) is 26.2 Å². The largest absolute Gasteiger partial charge is 0.341 e. The molecule has 0 N–H and O–H groups in total. The number of carbonyl (C=O) groups excluding carboxylic acids is 2. The van der Waals surface area contributed by atoms with Gasteiger partial charge in [0.2, 0.25) is 11.8 Å². The van der Waals surface area contributed by atoms with Crippen molar-refractivity contribution in [3.63, 3.8) is 0 Å². The monoisotopic (exact) mass is 356 g/mol. The Hall–Kier alpha value is -2.14. The Morgan fingerprint density at radius 3 is 2.16 bits per heavy atom. The standard InChI is InChI=1S/C20H24N2O2S/c1-16-5-7-17(8-6-16)14-19(23)21-9-3-10-22(12-11-21)20(24)15-18-4-2-13-25-18/h2,4-8,13H,3,9-12,14-15H2,1H3. The summed E-state index contributed by atoms with van der Waals surface area (Å²) in [6, 6.07) is 12.1. The number of rotatable bonds is 4. The van der Waals surface area contributed by atoms with Gasteiger partial charge in [0.05, 0.1) is 12.8 Å². The van der Waals surface area contributed by atoms with Crippen molar-refractivity contribution in [3.8, 4) is 0 Å². The Balaban J connectivity index is 1.53. The van der Waals surface area contributed by atoms with Crippen molar-refractivity contribution in [1.82, 2.24) is 9.80 Å². The predicted octanol–water partition coefficient (Wildman–Crippen LogP) is 2.90. The first-order chi connectivity index (χ1) is 12.1. The van der Waals surface area contributed by atoms with Gasteiger partial charge in [-0.25, -0.2) is 0 Å². The van der Waals surface area contributed by atoms with Crippen molar-refractivity contribution in [2.24, 2.45) is 0 Å². The lowest BCUT2D eigenvalue weighted by molar-refractivity contribution is -0.132. The van der Waals surface area contributed by atoms with E-state index in [-0.39, 0.29) is 11.8 Å². The summed E-state index contributed by atoms with van der Waals surface area (Å²) in [5.74, 6) is 0.312.